The van der Waals surface area contributed by atoms with Crippen LogP contribution in [-0.2, 0) is 4.74 Å². The quantitative estimate of drug-likeness (QED) is 0.683. The maximum Gasteiger partial charge on any atom is 0.338 e. The second-order valence-electron chi connectivity index (χ2n) is 4.30. The summed E-state index contributed by atoms with van der Waals surface area (Å²) in [6.45, 7) is 2.16. The lowest BCUT2D eigenvalue weighted by Crippen LogP contribution is -2.06. The second-order valence-corrected chi connectivity index (χ2v) is 5.26. The molecule has 0 atom stereocenters. The minimum absolute atomic E-state index is 0.319. The number of hydrogen-bond donors (Lipinski definition) is 1. The normalized spacial score (nSPS) is 15.0. The highest BCUT2D eigenvalue weighted by Gasteiger charge is 2.16. The second kappa shape index (κ2) is 5.57. The zero-order valence-corrected chi connectivity index (χ0v) is 11.9. The van der Waals surface area contributed by atoms with Gasteiger partial charge < -0.3 is 10.5 Å². The van der Waals surface area contributed by atoms with Crippen LogP contribution in [0.4, 0.5) is 5.69 Å². The van der Waals surface area contributed by atoms with Crippen LogP contribution in [0.2, 0.25) is 0 Å². The molecule has 1 aliphatic rings. The van der Waals surface area contributed by atoms with E-state index in [0.717, 1.165) is 24.8 Å². The SMILES string of the molecule is CCOC(=O)c1cc(N)cc(C2=C(Br)CCC2)c1. The monoisotopic (exact) mass is 309 g/mol. The Kier molecular flexibility index (Phi) is 4.07. The van der Waals surface area contributed by atoms with Gasteiger partial charge in [0.05, 0.1) is 12.2 Å². The fourth-order valence-corrected chi connectivity index (χ4v) is 2.87. The number of carbonyl (C=O) groups excluding carboxylic acids is 1. The number of nitrogen functional groups attached to an aromatic ring is 1. The van der Waals surface area contributed by atoms with Gasteiger partial charge in [0.25, 0.3) is 0 Å². The molecule has 4 heteroatoms. The molecule has 0 spiro atoms. The van der Waals surface area contributed by atoms with Crippen molar-refractivity contribution in [2.45, 2.75) is 26.2 Å². The smallest absolute Gasteiger partial charge is 0.338 e. The first-order valence-corrected chi connectivity index (χ1v) is 6.86. The van der Waals surface area contributed by atoms with Crippen LogP contribution >= 0.6 is 15.9 Å². The Balaban J connectivity index is 2.38. The number of ether oxygens (including phenoxy) is 1. The Morgan fingerprint density at radius 1 is 1.39 bits per heavy atom. The molecule has 1 aromatic rings. The number of hydrogen-bond acceptors (Lipinski definition) is 3. The lowest BCUT2D eigenvalue weighted by atomic mass is 10.0. The van der Waals surface area contributed by atoms with Gasteiger partial charge in [0.1, 0.15) is 0 Å². The maximum atomic E-state index is 11.7. The van der Waals surface area contributed by atoms with Crippen LogP contribution in [0.25, 0.3) is 5.57 Å². The van der Waals surface area contributed by atoms with Crippen molar-refractivity contribution < 1.29 is 9.53 Å². The number of allylic oxidation sites excluding steroid dienone is 2. The summed E-state index contributed by atoms with van der Waals surface area (Å²) in [5, 5.41) is 0. The van der Waals surface area contributed by atoms with E-state index in [-0.39, 0.29) is 5.97 Å². The van der Waals surface area contributed by atoms with E-state index in [2.05, 4.69) is 15.9 Å². The van der Waals surface area contributed by atoms with Crippen molar-refractivity contribution in [2.75, 3.05) is 12.3 Å². The summed E-state index contributed by atoms with van der Waals surface area (Å²) in [4.78, 5) is 11.7. The van der Waals surface area contributed by atoms with Crippen molar-refractivity contribution in [1.29, 1.82) is 0 Å². The average molecular weight is 310 g/mol. The van der Waals surface area contributed by atoms with E-state index in [1.165, 1.54) is 10.1 Å². The van der Waals surface area contributed by atoms with Crippen LogP contribution < -0.4 is 5.73 Å². The molecule has 0 radical (unpaired) electrons. The van der Waals surface area contributed by atoms with E-state index < -0.39 is 0 Å². The Morgan fingerprint density at radius 3 is 2.78 bits per heavy atom. The summed E-state index contributed by atoms with van der Waals surface area (Å²) in [5.41, 5.74) is 9.23. The Morgan fingerprint density at radius 2 is 2.17 bits per heavy atom. The first kappa shape index (κ1) is 13.1. The Bertz CT molecular complexity index is 509. The summed E-state index contributed by atoms with van der Waals surface area (Å²) in [5.74, 6) is -0.319. The fourth-order valence-electron chi connectivity index (χ4n) is 2.17. The van der Waals surface area contributed by atoms with Gasteiger partial charge in [-0.2, -0.15) is 0 Å². The fraction of sp³-hybridized carbons (Fsp3) is 0.357. The highest BCUT2D eigenvalue weighted by atomic mass is 79.9. The molecular weight excluding hydrogens is 294 g/mol. The molecule has 0 aromatic heterocycles. The molecule has 2 rings (SSSR count). The van der Waals surface area contributed by atoms with Crippen LogP contribution in [0.3, 0.4) is 0 Å². The average Bonchev–Trinajstić information content (AvgIpc) is 2.75. The van der Waals surface area contributed by atoms with E-state index in [4.69, 9.17) is 10.5 Å². The van der Waals surface area contributed by atoms with Crippen molar-refractivity contribution in [3.63, 3.8) is 0 Å². The molecule has 0 saturated carbocycles. The molecule has 0 unspecified atom stereocenters. The van der Waals surface area contributed by atoms with Gasteiger partial charge in [-0.1, -0.05) is 15.9 Å². The molecular formula is C14H16BrNO2. The zero-order valence-electron chi connectivity index (χ0n) is 10.3. The van der Waals surface area contributed by atoms with Crippen LogP contribution in [-0.4, -0.2) is 12.6 Å². The molecule has 1 aromatic carbocycles. The summed E-state index contributed by atoms with van der Waals surface area (Å²) in [7, 11) is 0. The number of benzene rings is 1. The summed E-state index contributed by atoms with van der Waals surface area (Å²) in [6, 6.07) is 5.42. The molecule has 0 fully saturated rings. The number of halogens is 1. The van der Waals surface area contributed by atoms with E-state index >= 15 is 0 Å². The first-order valence-electron chi connectivity index (χ1n) is 6.07. The number of carbonyl (C=O) groups is 1. The largest absolute Gasteiger partial charge is 0.462 e. The summed E-state index contributed by atoms with van der Waals surface area (Å²) in [6.07, 6.45) is 3.21. The van der Waals surface area contributed by atoms with Gasteiger partial charge in [-0.05, 0) is 60.0 Å². The van der Waals surface area contributed by atoms with Gasteiger partial charge in [-0.15, -0.1) is 0 Å². The lowest BCUT2D eigenvalue weighted by molar-refractivity contribution is 0.0526. The van der Waals surface area contributed by atoms with Gasteiger partial charge in [0.15, 0.2) is 0 Å². The molecule has 0 amide bonds. The van der Waals surface area contributed by atoms with Crippen LogP contribution in [0.15, 0.2) is 22.7 Å². The van der Waals surface area contributed by atoms with Gasteiger partial charge in [0.2, 0.25) is 0 Å². The van der Waals surface area contributed by atoms with Crippen LogP contribution in [0.5, 0.6) is 0 Å². The highest BCUT2D eigenvalue weighted by Crippen LogP contribution is 2.37. The third-order valence-corrected chi connectivity index (χ3v) is 3.84. The summed E-state index contributed by atoms with van der Waals surface area (Å²) < 4.78 is 6.22. The van der Waals surface area contributed by atoms with Crippen molar-refractivity contribution in [3.05, 3.63) is 33.8 Å². The predicted octanol–water partition coefficient (Wildman–Crippen LogP) is 3.74. The number of anilines is 1. The predicted molar refractivity (Wildman–Crippen MR) is 76.5 cm³/mol. The Labute approximate surface area is 115 Å². The van der Waals surface area contributed by atoms with E-state index in [0.29, 0.717) is 17.9 Å². The van der Waals surface area contributed by atoms with E-state index in [1.807, 2.05) is 12.1 Å². The number of rotatable bonds is 3. The molecule has 3 nitrogen and oxygen atoms in total. The van der Waals surface area contributed by atoms with Crippen LogP contribution in [0, 0.1) is 0 Å². The molecule has 1 aliphatic carbocycles. The molecule has 0 heterocycles. The number of nitrogens with two attached hydrogens (primary N) is 1. The van der Waals surface area contributed by atoms with E-state index in [9.17, 15) is 4.79 Å². The molecule has 18 heavy (non-hydrogen) atoms. The van der Waals surface area contributed by atoms with Crippen molar-refractivity contribution in [2.24, 2.45) is 0 Å². The van der Waals surface area contributed by atoms with Crippen molar-refractivity contribution >= 4 is 33.2 Å². The Hall–Kier alpha value is -1.29. The van der Waals surface area contributed by atoms with Crippen molar-refractivity contribution in [1.82, 2.24) is 0 Å². The van der Waals surface area contributed by atoms with Crippen LogP contribution in [0.1, 0.15) is 42.1 Å². The standard InChI is InChI=1S/C14H16BrNO2/c1-2-18-14(17)10-6-9(7-11(16)8-10)12-4-3-5-13(12)15/h6-8H,2-5,16H2,1H3. The van der Waals surface area contributed by atoms with Crippen molar-refractivity contribution in [3.8, 4) is 0 Å². The third kappa shape index (κ3) is 2.75. The van der Waals surface area contributed by atoms with Gasteiger partial charge in [0, 0.05) is 5.69 Å². The minimum atomic E-state index is -0.319. The molecule has 2 N–H and O–H groups in total. The molecule has 0 bridgehead atoms. The molecule has 0 aliphatic heterocycles. The maximum absolute atomic E-state index is 11.7. The highest BCUT2D eigenvalue weighted by molar-refractivity contribution is 9.11. The number of esters is 1. The minimum Gasteiger partial charge on any atom is -0.462 e. The van der Waals surface area contributed by atoms with Gasteiger partial charge in [-0.25, -0.2) is 4.79 Å². The van der Waals surface area contributed by atoms with Gasteiger partial charge >= 0.3 is 5.97 Å². The molecule has 96 valence electrons. The zero-order chi connectivity index (χ0) is 13.1. The van der Waals surface area contributed by atoms with E-state index in [1.54, 1.807) is 13.0 Å². The lowest BCUT2D eigenvalue weighted by Gasteiger charge is -2.08. The third-order valence-electron chi connectivity index (χ3n) is 2.97. The molecule has 0 saturated heterocycles. The van der Waals surface area contributed by atoms with Gasteiger partial charge in [-0.3, -0.25) is 0 Å². The summed E-state index contributed by atoms with van der Waals surface area (Å²) >= 11 is 3.58. The topological polar surface area (TPSA) is 52.3 Å². The first-order chi connectivity index (χ1) is 8.61.